The lowest BCUT2D eigenvalue weighted by molar-refractivity contribution is 0.0635. The third-order valence-corrected chi connectivity index (χ3v) is 5.04. The van der Waals surface area contributed by atoms with E-state index < -0.39 is 29.9 Å². The van der Waals surface area contributed by atoms with Gasteiger partial charge < -0.3 is 16.2 Å². The number of aryl methyl sites for hydroxylation is 2. The molecule has 8 nitrogen and oxygen atoms in total. The minimum atomic E-state index is -1.25. The van der Waals surface area contributed by atoms with E-state index in [0.717, 1.165) is 21.6 Å². The van der Waals surface area contributed by atoms with E-state index in [0.29, 0.717) is 16.7 Å². The lowest BCUT2D eigenvalue weighted by Gasteiger charge is -2.24. The molecule has 0 saturated heterocycles. The van der Waals surface area contributed by atoms with Crippen molar-refractivity contribution in [1.29, 1.82) is 0 Å². The summed E-state index contributed by atoms with van der Waals surface area (Å²) in [7, 11) is 0. The molecular weight excluding hydrogens is 374 g/mol. The van der Waals surface area contributed by atoms with Gasteiger partial charge in [0, 0.05) is 5.56 Å². The topological polar surface area (TPSA) is 130 Å². The van der Waals surface area contributed by atoms with Crippen molar-refractivity contribution in [1.82, 2.24) is 10.2 Å². The van der Waals surface area contributed by atoms with Gasteiger partial charge in [-0.15, -0.1) is 0 Å². The van der Waals surface area contributed by atoms with Crippen LogP contribution in [0.5, 0.6) is 0 Å². The number of benzene rings is 2. The monoisotopic (exact) mass is 395 g/mol. The molecule has 0 aromatic heterocycles. The van der Waals surface area contributed by atoms with Crippen LogP contribution in [0.15, 0.2) is 36.4 Å². The second-order valence-electron chi connectivity index (χ2n) is 7.07. The van der Waals surface area contributed by atoms with E-state index in [9.17, 15) is 24.3 Å². The van der Waals surface area contributed by atoms with Crippen LogP contribution in [-0.4, -0.2) is 46.4 Å². The molecule has 4 amide bonds. The fraction of sp³-hybridized carbons (Fsp3) is 0.238. The Hall–Kier alpha value is -3.68. The summed E-state index contributed by atoms with van der Waals surface area (Å²) in [4.78, 5) is 49.0. The molecule has 0 saturated carbocycles. The second-order valence-corrected chi connectivity index (χ2v) is 7.07. The average Bonchev–Trinajstić information content (AvgIpc) is 2.89. The van der Waals surface area contributed by atoms with E-state index >= 15 is 0 Å². The summed E-state index contributed by atoms with van der Waals surface area (Å²) in [6.07, 6.45) is -1.01. The highest BCUT2D eigenvalue weighted by molar-refractivity contribution is 6.21. The number of hydrogen-bond acceptors (Lipinski definition) is 4. The predicted octanol–water partition coefficient (Wildman–Crippen LogP) is 1.88. The van der Waals surface area contributed by atoms with Crippen LogP contribution in [-0.2, 0) is 6.42 Å². The molecule has 2 aromatic rings. The first-order valence-electron chi connectivity index (χ1n) is 9.03. The first kappa shape index (κ1) is 20.1. The number of primary amides is 1. The third-order valence-electron chi connectivity index (χ3n) is 5.04. The zero-order chi connectivity index (χ0) is 21.3. The zero-order valence-electron chi connectivity index (χ0n) is 16.1. The molecule has 1 aliphatic rings. The fourth-order valence-electron chi connectivity index (χ4n) is 3.67. The Labute approximate surface area is 167 Å². The highest BCUT2D eigenvalue weighted by Gasteiger charge is 2.36. The smallest absolute Gasteiger partial charge is 0.404 e. The summed E-state index contributed by atoms with van der Waals surface area (Å²) in [6.45, 7) is 3.50. The molecular formula is C21H21N3O5. The molecule has 0 spiro atoms. The Morgan fingerprint density at radius 1 is 1.07 bits per heavy atom. The van der Waals surface area contributed by atoms with E-state index in [1.165, 1.54) is 0 Å². The van der Waals surface area contributed by atoms with Gasteiger partial charge in [-0.3, -0.25) is 19.3 Å². The number of fused-ring (bicyclic) bond motifs is 1. The average molecular weight is 395 g/mol. The van der Waals surface area contributed by atoms with Gasteiger partial charge in [0.1, 0.15) is 0 Å². The summed E-state index contributed by atoms with van der Waals surface area (Å²) >= 11 is 0. The zero-order valence-corrected chi connectivity index (χ0v) is 16.1. The third kappa shape index (κ3) is 3.96. The SMILES string of the molecule is Cc1cc(C(N)=O)cc(C)c1C[C@@H](CN1C(=O)c2ccccc2C1=O)NC(=O)O. The first-order chi connectivity index (χ1) is 13.7. The lowest BCUT2D eigenvalue weighted by atomic mass is 9.93. The van der Waals surface area contributed by atoms with Crippen LogP contribution in [0.1, 0.15) is 47.8 Å². The molecule has 0 radical (unpaired) electrons. The molecule has 29 heavy (non-hydrogen) atoms. The summed E-state index contributed by atoms with van der Waals surface area (Å²) in [5.41, 5.74) is 8.70. The minimum absolute atomic E-state index is 0.102. The molecule has 8 heteroatoms. The Kier molecular flexibility index (Phi) is 5.36. The number of imide groups is 1. The molecule has 2 aromatic carbocycles. The van der Waals surface area contributed by atoms with Crippen LogP contribution < -0.4 is 11.1 Å². The van der Waals surface area contributed by atoms with Gasteiger partial charge in [0.2, 0.25) is 5.91 Å². The number of amides is 4. The maximum absolute atomic E-state index is 12.6. The van der Waals surface area contributed by atoms with Crippen molar-refractivity contribution < 1.29 is 24.3 Å². The molecule has 0 aliphatic carbocycles. The predicted molar refractivity (Wildman–Crippen MR) is 105 cm³/mol. The molecule has 3 rings (SSSR count). The molecule has 1 atom stereocenters. The van der Waals surface area contributed by atoms with E-state index in [4.69, 9.17) is 5.73 Å². The van der Waals surface area contributed by atoms with Crippen molar-refractivity contribution in [2.24, 2.45) is 5.73 Å². The van der Waals surface area contributed by atoms with E-state index in [1.807, 2.05) is 0 Å². The first-order valence-corrected chi connectivity index (χ1v) is 9.03. The van der Waals surface area contributed by atoms with Crippen molar-refractivity contribution in [2.75, 3.05) is 6.54 Å². The van der Waals surface area contributed by atoms with E-state index in [2.05, 4.69) is 5.32 Å². The van der Waals surface area contributed by atoms with Crippen molar-refractivity contribution >= 4 is 23.8 Å². The lowest BCUT2D eigenvalue weighted by Crippen LogP contribution is -2.46. The molecule has 1 heterocycles. The van der Waals surface area contributed by atoms with Crippen molar-refractivity contribution in [3.63, 3.8) is 0 Å². The Morgan fingerprint density at radius 3 is 2.03 bits per heavy atom. The molecule has 1 aliphatic heterocycles. The number of nitrogens with one attached hydrogen (secondary N) is 1. The van der Waals surface area contributed by atoms with Gasteiger partial charge in [0.05, 0.1) is 23.7 Å². The highest BCUT2D eigenvalue weighted by atomic mass is 16.4. The standard InChI is InChI=1S/C21H21N3O5/c1-11-7-13(18(22)25)8-12(2)17(11)9-14(23-21(28)29)10-24-19(26)15-5-3-4-6-16(15)20(24)27/h3-8,14,23H,9-10H2,1-2H3,(H2,22,25)(H,28,29)/t14-/m0/s1. The normalized spacial score (nSPS) is 13.9. The van der Waals surface area contributed by atoms with E-state index in [1.54, 1.807) is 50.2 Å². The van der Waals surface area contributed by atoms with Gasteiger partial charge in [-0.25, -0.2) is 4.79 Å². The molecule has 0 fully saturated rings. The van der Waals surface area contributed by atoms with Crippen molar-refractivity contribution in [3.8, 4) is 0 Å². The van der Waals surface area contributed by atoms with Gasteiger partial charge in [0.25, 0.3) is 11.8 Å². The van der Waals surface area contributed by atoms with Gasteiger partial charge in [-0.1, -0.05) is 12.1 Å². The minimum Gasteiger partial charge on any atom is -0.465 e. The van der Waals surface area contributed by atoms with Crippen LogP contribution in [0.4, 0.5) is 4.79 Å². The molecule has 0 unspecified atom stereocenters. The number of carbonyl (C=O) groups is 4. The van der Waals surface area contributed by atoms with Gasteiger partial charge in [-0.05, 0) is 61.2 Å². The summed E-state index contributed by atoms with van der Waals surface area (Å²) in [6, 6.07) is 9.07. The van der Waals surface area contributed by atoms with Crippen LogP contribution in [0, 0.1) is 13.8 Å². The molecule has 4 N–H and O–H groups in total. The summed E-state index contributed by atoms with van der Waals surface area (Å²) in [5, 5.41) is 11.6. The summed E-state index contributed by atoms with van der Waals surface area (Å²) < 4.78 is 0. The van der Waals surface area contributed by atoms with Gasteiger partial charge >= 0.3 is 6.09 Å². The van der Waals surface area contributed by atoms with Crippen LogP contribution in [0.3, 0.4) is 0 Å². The Balaban J connectivity index is 1.87. The highest BCUT2D eigenvalue weighted by Crippen LogP contribution is 2.24. The van der Waals surface area contributed by atoms with Crippen LogP contribution >= 0.6 is 0 Å². The maximum atomic E-state index is 12.6. The summed E-state index contributed by atoms with van der Waals surface area (Å²) in [5.74, 6) is -1.44. The number of carbonyl (C=O) groups excluding carboxylic acids is 3. The molecule has 150 valence electrons. The molecule has 0 bridgehead atoms. The number of nitrogens with zero attached hydrogens (tertiary/aromatic N) is 1. The quantitative estimate of drug-likeness (QED) is 0.643. The van der Waals surface area contributed by atoms with Crippen molar-refractivity contribution in [2.45, 2.75) is 26.3 Å². The Morgan fingerprint density at radius 2 is 1.59 bits per heavy atom. The Bertz CT molecular complexity index is 973. The van der Waals surface area contributed by atoms with Crippen LogP contribution in [0.2, 0.25) is 0 Å². The largest absolute Gasteiger partial charge is 0.465 e. The number of nitrogens with two attached hydrogens (primary N) is 1. The van der Waals surface area contributed by atoms with Crippen LogP contribution in [0.25, 0.3) is 0 Å². The van der Waals surface area contributed by atoms with E-state index in [-0.39, 0.29) is 13.0 Å². The number of hydrogen-bond donors (Lipinski definition) is 3. The van der Waals surface area contributed by atoms with Crippen molar-refractivity contribution in [3.05, 3.63) is 69.8 Å². The number of carboxylic acid groups (broad SMARTS) is 1. The second kappa shape index (κ2) is 7.75. The fourth-order valence-corrected chi connectivity index (χ4v) is 3.67. The maximum Gasteiger partial charge on any atom is 0.404 e. The van der Waals surface area contributed by atoms with Gasteiger partial charge in [-0.2, -0.15) is 0 Å². The number of rotatable bonds is 6. The van der Waals surface area contributed by atoms with Gasteiger partial charge in [0.15, 0.2) is 0 Å².